The summed E-state index contributed by atoms with van der Waals surface area (Å²) >= 11 is 5.85. The van der Waals surface area contributed by atoms with E-state index >= 15 is 0 Å². The Balaban J connectivity index is 1.58. The molecule has 3 aromatic carbocycles. The van der Waals surface area contributed by atoms with Gasteiger partial charge >= 0.3 is 5.97 Å². The highest BCUT2D eigenvalue weighted by Gasteiger charge is 2.25. The molecule has 1 amide bonds. The van der Waals surface area contributed by atoms with Crippen LogP contribution in [0.25, 0.3) is 10.8 Å². The van der Waals surface area contributed by atoms with Crippen LogP contribution in [0.4, 0.5) is 0 Å². The monoisotopic (exact) mass is 453 g/mol. The number of aliphatic carboxylic acids is 1. The number of benzene rings is 3. The lowest BCUT2D eigenvalue weighted by Gasteiger charge is -2.19. The fraction of sp³-hybridized carbons (Fsp3) is 0.280. The molecule has 0 radical (unpaired) electrons. The first-order chi connectivity index (χ1) is 15.0. The molecule has 0 saturated carbocycles. The summed E-state index contributed by atoms with van der Waals surface area (Å²) in [5.74, 6) is -0.327. The highest BCUT2D eigenvalue weighted by molar-refractivity contribution is 7.98. The molecule has 0 fully saturated rings. The van der Waals surface area contributed by atoms with Crippen molar-refractivity contribution in [1.82, 2.24) is 5.32 Å². The van der Waals surface area contributed by atoms with E-state index in [2.05, 4.69) is 24.0 Å². The Hall–Kier alpha value is -2.44. The van der Waals surface area contributed by atoms with Crippen molar-refractivity contribution >= 4 is 47.0 Å². The van der Waals surface area contributed by atoms with Crippen LogP contribution in [-0.4, -0.2) is 34.5 Å². The normalized spacial score (nSPS) is 13.0. The van der Waals surface area contributed by atoms with Crippen LogP contribution in [0, 0.1) is 12.8 Å². The number of thioether (sulfide) groups is 1. The molecule has 4 nitrogen and oxygen atoms in total. The second-order valence-corrected chi connectivity index (χ2v) is 9.06. The summed E-state index contributed by atoms with van der Waals surface area (Å²) < 4.78 is 0. The SMILES string of the molecule is Cc1ccc(CSC[C@H](NC(=O)[C@@H](CS)Cc2ccc3ccccc3c2)C(=O)O)cc1. The molecular weight excluding hydrogens is 426 g/mol. The molecular formula is C25H27NO3S2. The van der Waals surface area contributed by atoms with Crippen LogP contribution in [-0.2, 0) is 21.8 Å². The minimum atomic E-state index is -1.02. The van der Waals surface area contributed by atoms with E-state index < -0.39 is 17.9 Å². The number of rotatable bonds is 10. The molecule has 31 heavy (non-hydrogen) atoms. The number of hydrogen-bond acceptors (Lipinski definition) is 4. The van der Waals surface area contributed by atoms with Gasteiger partial charge in [0.2, 0.25) is 5.91 Å². The van der Waals surface area contributed by atoms with Gasteiger partial charge in [-0.1, -0.05) is 72.3 Å². The molecule has 0 aromatic heterocycles. The number of aryl methyl sites for hydroxylation is 1. The van der Waals surface area contributed by atoms with E-state index in [1.165, 1.54) is 17.3 Å². The lowest BCUT2D eigenvalue weighted by Crippen LogP contribution is -2.46. The molecule has 0 aliphatic carbocycles. The number of carbonyl (C=O) groups is 2. The summed E-state index contributed by atoms with van der Waals surface area (Å²) in [4.78, 5) is 24.5. The van der Waals surface area contributed by atoms with E-state index in [9.17, 15) is 14.7 Å². The van der Waals surface area contributed by atoms with Crippen molar-refractivity contribution in [2.45, 2.75) is 25.1 Å². The molecule has 0 saturated heterocycles. The zero-order chi connectivity index (χ0) is 22.2. The average Bonchev–Trinajstić information content (AvgIpc) is 2.77. The van der Waals surface area contributed by atoms with Crippen LogP contribution >= 0.6 is 24.4 Å². The summed E-state index contributed by atoms with van der Waals surface area (Å²) in [6, 6.07) is 21.4. The van der Waals surface area contributed by atoms with Crippen molar-refractivity contribution in [3.8, 4) is 0 Å². The number of carboxylic acids is 1. The van der Waals surface area contributed by atoms with E-state index in [4.69, 9.17) is 0 Å². The van der Waals surface area contributed by atoms with Gasteiger partial charge in [0.25, 0.3) is 0 Å². The van der Waals surface area contributed by atoms with Gasteiger partial charge < -0.3 is 10.4 Å². The smallest absolute Gasteiger partial charge is 0.327 e. The topological polar surface area (TPSA) is 66.4 Å². The second-order valence-electron chi connectivity index (χ2n) is 7.67. The minimum absolute atomic E-state index is 0.272. The Morgan fingerprint density at radius 2 is 1.68 bits per heavy atom. The standard InChI is InChI=1S/C25H27NO3S2/c1-17-6-8-18(9-7-17)15-31-16-23(25(28)29)26-24(27)22(14-30)13-19-10-11-20-4-2-3-5-21(20)12-19/h2-12,22-23,30H,13-16H2,1H3,(H,26,27)(H,28,29)/t22-,23+/m1/s1. The van der Waals surface area contributed by atoms with Gasteiger partial charge in [-0.3, -0.25) is 4.79 Å². The first-order valence-corrected chi connectivity index (χ1v) is 12.0. The number of hydrogen-bond donors (Lipinski definition) is 3. The molecule has 0 bridgehead atoms. The van der Waals surface area contributed by atoms with Gasteiger partial charge in [0.15, 0.2) is 0 Å². The molecule has 0 heterocycles. The largest absolute Gasteiger partial charge is 0.480 e. The fourth-order valence-corrected chi connectivity index (χ4v) is 4.64. The van der Waals surface area contributed by atoms with E-state index in [1.54, 1.807) is 0 Å². The molecule has 162 valence electrons. The first kappa shape index (κ1) is 23.2. The van der Waals surface area contributed by atoms with Crippen molar-refractivity contribution in [2.75, 3.05) is 11.5 Å². The van der Waals surface area contributed by atoms with Crippen LogP contribution in [0.5, 0.6) is 0 Å². The quantitative estimate of drug-likeness (QED) is 0.388. The maximum absolute atomic E-state index is 12.8. The van der Waals surface area contributed by atoms with Gasteiger partial charge in [-0.15, -0.1) is 0 Å². The van der Waals surface area contributed by atoms with Crippen LogP contribution in [0.1, 0.15) is 16.7 Å². The molecule has 3 aromatic rings. The summed E-state index contributed by atoms with van der Waals surface area (Å²) in [6.45, 7) is 2.03. The maximum Gasteiger partial charge on any atom is 0.327 e. The molecule has 0 spiro atoms. The molecule has 0 unspecified atom stereocenters. The Bertz CT molecular complexity index is 1040. The Morgan fingerprint density at radius 1 is 1.00 bits per heavy atom. The predicted octanol–water partition coefficient (Wildman–Crippen LogP) is 4.74. The van der Waals surface area contributed by atoms with Gasteiger partial charge in [-0.05, 0) is 35.2 Å². The highest BCUT2D eigenvalue weighted by atomic mass is 32.2. The molecule has 0 aliphatic heterocycles. The zero-order valence-electron chi connectivity index (χ0n) is 17.5. The van der Waals surface area contributed by atoms with Gasteiger partial charge in [0.05, 0.1) is 5.92 Å². The lowest BCUT2D eigenvalue weighted by atomic mass is 9.97. The Labute approximate surface area is 192 Å². The number of thiol groups is 1. The summed E-state index contributed by atoms with van der Waals surface area (Å²) in [5.41, 5.74) is 3.36. The second kappa shape index (κ2) is 11.3. The maximum atomic E-state index is 12.8. The fourth-order valence-electron chi connectivity index (χ4n) is 3.33. The molecule has 6 heteroatoms. The number of nitrogens with one attached hydrogen (secondary N) is 1. The lowest BCUT2D eigenvalue weighted by molar-refractivity contribution is -0.141. The Kier molecular flexibility index (Phi) is 8.43. The minimum Gasteiger partial charge on any atom is -0.480 e. The predicted molar refractivity (Wildman–Crippen MR) is 132 cm³/mol. The van der Waals surface area contributed by atoms with E-state index in [0.29, 0.717) is 23.7 Å². The van der Waals surface area contributed by atoms with Crippen molar-refractivity contribution in [1.29, 1.82) is 0 Å². The molecule has 3 rings (SSSR count). The van der Waals surface area contributed by atoms with E-state index in [1.807, 2.05) is 67.6 Å². The number of carboxylic acid groups (broad SMARTS) is 1. The third kappa shape index (κ3) is 6.77. The summed E-state index contributed by atoms with van der Waals surface area (Å²) in [5, 5.41) is 14.6. The van der Waals surface area contributed by atoms with Crippen LogP contribution in [0.15, 0.2) is 66.7 Å². The Morgan fingerprint density at radius 3 is 2.35 bits per heavy atom. The van der Waals surface area contributed by atoms with Gasteiger partial charge in [-0.25, -0.2) is 4.79 Å². The highest BCUT2D eigenvalue weighted by Crippen LogP contribution is 2.19. The van der Waals surface area contributed by atoms with Crippen molar-refractivity contribution in [2.24, 2.45) is 5.92 Å². The third-order valence-electron chi connectivity index (χ3n) is 5.18. The number of amides is 1. The van der Waals surface area contributed by atoms with Crippen molar-refractivity contribution in [3.05, 3.63) is 83.4 Å². The summed E-state index contributed by atoms with van der Waals surface area (Å²) in [6.07, 6.45) is 0.517. The molecule has 0 aliphatic rings. The number of fused-ring (bicyclic) bond motifs is 1. The van der Waals surface area contributed by atoms with Crippen LogP contribution in [0.2, 0.25) is 0 Å². The molecule has 2 N–H and O–H groups in total. The van der Waals surface area contributed by atoms with E-state index in [-0.39, 0.29) is 5.91 Å². The first-order valence-electron chi connectivity index (χ1n) is 10.2. The van der Waals surface area contributed by atoms with Gasteiger partial charge in [-0.2, -0.15) is 24.4 Å². The van der Waals surface area contributed by atoms with Gasteiger partial charge in [0.1, 0.15) is 6.04 Å². The van der Waals surface area contributed by atoms with Crippen molar-refractivity contribution in [3.63, 3.8) is 0 Å². The summed E-state index contributed by atoms with van der Waals surface area (Å²) in [7, 11) is 0. The molecule has 2 atom stereocenters. The van der Waals surface area contributed by atoms with Gasteiger partial charge in [0, 0.05) is 17.3 Å². The van der Waals surface area contributed by atoms with Crippen molar-refractivity contribution < 1.29 is 14.7 Å². The van der Waals surface area contributed by atoms with Crippen LogP contribution < -0.4 is 5.32 Å². The van der Waals surface area contributed by atoms with Crippen LogP contribution in [0.3, 0.4) is 0 Å². The van der Waals surface area contributed by atoms with E-state index in [0.717, 1.165) is 21.9 Å². The third-order valence-corrected chi connectivity index (χ3v) is 6.72. The number of carbonyl (C=O) groups excluding carboxylic acids is 1. The average molecular weight is 454 g/mol. The zero-order valence-corrected chi connectivity index (χ0v) is 19.2.